The summed E-state index contributed by atoms with van der Waals surface area (Å²) in [7, 11) is 0. The van der Waals surface area contributed by atoms with Gasteiger partial charge in [0.05, 0.1) is 6.10 Å². The van der Waals surface area contributed by atoms with E-state index in [-0.39, 0.29) is 5.41 Å². The number of benzene rings is 2. The molecule has 0 aliphatic carbocycles. The number of aliphatic hydroxyl groups is 1. The molecule has 18 heavy (non-hydrogen) atoms. The van der Waals surface area contributed by atoms with Crippen LogP contribution in [0, 0.1) is 5.41 Å². The molecule has 94 valence electrons. The molecule has 2 aromatic carbocycles. The Kier molecular flexibility index (Phi) is 3.53. The molecule has 1 heteroatoms. The van der Waals surface area contributed by atoms with Gasteiger partial charge in [0, 0.05) is 0 Å². The average molecular weight is 240 g/mol. The highest BCUT2D eigenvalue weighted by Gasteiger charge is 2.23. The molecule has 1 nitrogen and oxygen atoms in total. The van der Waals surface area contributed by atoms with Crippen molar-refractivity contribution in [1.82, 2.24) is 0 Å². The summed E-state index contributed by atoms with van der Waals surface area (Å²) in [6.07, 6.45) is -0.443. The molecule has 2 rings (SSSR count). The molecule has 1 unspecified atom stereocenters. The van der Waals surface area contributed by atoms with E-state index in [9.17, 15) is 5.11 Å². The number of hydrogen-bond acceptors (Lipinski definition) is 1. The van der Waals surface area contributed by atoms with Crippen LogP contribution < -0.4 is 0 Å². The maximum atomic E-state index is 10.3. The Balaban J connectivity index is 2.37. The Morgan fingerprint density at radius 1 is 0.833 bits per heavy atom. The van der Waals surface area contributed by atoms with Crippen LogP contribution >= 0.6 is 0 Å². The van der Waals surface area contributed by atoms with Crippen molar-refractivity contribution in [2.24, 2.45) is 5.41 Å². The van der Waals surface area contributed by atoms with E-state index in [0.717, 1.165) is 11.1 Å². The van der Waals surface area contributed by atoms with E-state index in [1.807, 2.05) is 51.1 Å². The third-order valence-corrected chi connectivity index (χ3v) is 3.13. The molecule has 0 aromatic heterocycles. The van der Waals surface area contributed by atoms with Gasteiger partial charge in [-0.2, -0.15) is 0 Å². The smallest absolute Gasteiger partial charge is 0.0838 e. The van der Waals surface area contributed by atoms with Crippen LogP contribution in [0.4, 0.5) is 0 Å². The zero-order valence-corrected chi connectivity index (χ0v) is 11.2. The van der Waals surface area contributed by atoms with Crippen LogP contribution in [0.3, 0.4) is 0 Å². The minimum atomic E-state index is -0.443. The Bertz CT molecular complexity index is 509. The standard InChI is InChI=1S/C17H20O/c1-17(2,3)16(18)15-11-7-10-14(12-15)13-8-5-4-6-9-13/h4-12,16,18H,1-3H3. The molecular weight excluding hydrogens is 220 g/mol. The van der Waals surface area contributed by atoms with Crippen molar-refractivity contribution in [2.75, 3.05) is 0 Å². The van der Waals surface area contributed by atoms with E-state index in [1.54, 1.807) is 0 Å². The summed E-state index contributed by atoms with van der Waals surface area (Å²) in [5.41, 5.74) is 3.16. The fraction of sp³-hybridized carbons (Fsp3) is 0.294. The Morgan fingerprint density at radius 2 is 1.44 bits per heavy atom. The SMILES string of the molecule is CC(C)(C)C(O)c1cccc(-c2ccccc2)c1. The molecule has 1 N–H and O–H groups in total. The fourth-order valence-corrected chi connectivity index (χ4v) is 2.02. The lowest BCUT2D eigenvalue weighted by Gasteiger charge is -2.26. The largest absolute Gasteiger partial charge is 0.388 e. The van der Waals surface area contributed by atoms with E-state index >= 15 is 0 Å². The highest BCUT2D eigenvalue weighted by Crippen LogP contribution is 2.34. The minimum Gasteiger partial charge on any atom is -0.388 e. The lowest BCUT2D eigenvalue weighted by molar-refractivity contribution is 0.0627. The van der Waals surface area contributed by atoms with Gasteiger partial charge >= 0.3 is 0 Å². The number of aliphatic hydroxyl groups excluding tert-OH is 1. The second-order valence-corrected chi connectivity index (χ2v) is 5.76. The second-order valence-electron chi connectivity index (χ2n) is 5.76. The van der Waals surface area contributed by atoms with Gasteiger partial charge in [0.1, 0.15) is 0 Å². The van der Waals surface area contributed by atoms with Gasteiger partial charge in [0.15, 0.2) is 0 Å². The normalized spacial score (nSPS) is 13.3. The molecule has 0 radical (unpaired) electrons. The summed E-state index contributed by atoms with van der Waals surface area (Å²) in [4.78, 5) is 0. The fourth-order valence-electron chi connectivity index (χ4n) is 2.02. The average Bonchev–Trinajstić information content (AvgIpc) is 2.38. The van der Waals surface area contributed by atoms with Crippen LogP contribution in [-0.4, -0.2) is 5.11 Å². The topological polar surface area (TPSA) is 20.2 Å². The van der Waals surface area contributed by atoms with Crippen LogP contribution in [0.5, 0.6) is 0 Å². The maximum absolute atomic E-state index is 10.3. The zero-order chi connectivity index (χ0) is 13.2. The molecule has 0 aliphatic heterocycles. The molecule has 0 saturated heterocycles. The molecule has 0 spiro atoms. The molecule has 0 fully saturated rings. The summed E-state index contributed by atoms with van der Waals surface area (Å²) in [5, 5.41) is 10.3. The number of hydrogen-bond donors (Lipinski definition) is 1. The van der Waals surface area contributed by atoms with Gasteiger partial charge in [-0.25, -0.2) is 0 Å². The van der Waals surface area contributed by atoms with Crippen molar-refractivity contribution in [3.8, 4) is 11.1 Å². The van der Waals surface area contributed by atoms with E-state index in [2.05, 4.69) is 24.3 Å². The quantitative estimate of drug-likeness (QED) is 0.823. The maximum Gasteiger partial charge on any atom is 0.0838 e. The van der Waals surface area contributed by atoms with Crippen molar-refractivity contribution < 1.29 is 5.11 Å². The Hall–Kier alpha value is -1.60. The highest BCUT2D eigenvalue weighted by atomic mass is 16.3. The van der Waals surface area contributed by atoms with Crippen molar-refractivity contribution in [1.29, 1.82) is 0 Å². The van der Waals surface area contributed by atoms with E-state index in [4.69, 9.17) is 0 Å². The summed E-state index contributed by atoms with van der Waals surface area (Å²) in [6, 6.07) is 18.4. The van der Waals surface area contributed by atoms with E-state index in [1.165, 1.54) is 5.56 Å². The minimum absolute atomic E-state index is 0.144. The zero-order valence-electron chi connectivity index (χ0n) is 11.2. The van der Waals surface area contributed by atoms with Gasteiger partial charge in [0.2, 0.25) is 0 Å². The molecule has 0 saturated carbocycles. The predicted octanol–water partition coefficient (Wildman–Crippen LogP) is 4.43. The van der Waals surface area contributed by atoms with E-state index in [0.29, 0.717) is 0 Å². The summed E-state index contributed by atoms with van der Waals surface area (Å²) < 4.78 is 0. The molecule has 0 bridgehead atoms. The molecule has 0 aliphatic rings. The monoisotopic (exact) mass is 240 g/mol. The second kappa shape index (κ2) is 4.95. The first kappa shape index (κ1) is 12.8. The molecule has 0 amide bonds. The summed E-state index contributed by atoms with van der Waals surface area (Å²) in [5.74, 6) is 0. The Labute approximate surface area is 109 Å². The van der Waals surface area contributed by atoms with Gasteiger partial charge in [-0.15, -0.1) is 0 Å². The third kappa shape index (κ3) is 2.80. The molecule has 2 aromatic rings. The summed E-state index contributed by atoms with van der Waals surface area (Å²) >= 11 is 0. The van der Waals surface area contributed by atoms with Crippen LogP contribution in [0.1, 0.15) is 32.4 Å². The van der Waals surface area contributed by atoms with Crippen LogP contribution in [0.15, 0.2) is 54.6 Å². The summed E-state index contributed by atoms with van der Waals surface area (Å²) in [6.45, 7) is 6.15. The lowest BCUT2D eigenvalue weighted by Crippen LogP contribution is -2.17. The van der Waals surface area contributed by atoms with Crippen molar-refractivity contribution in [3.05, 3.63) is 60.2 Å². The number of rotatable bonds is 2. The molecule has 1 atom stereocenters. The van der Waals surface area contributed by atoms with Gasteiger partial charge < -0.3 is 5.11 Å². The van der Waals surface area contributed by atoms with E-state index < -0.39 is 6.10 Å². The predicted molar refractivity (Wildman–Crippen MR) is 76.3 cm³/mol. The first-order chi connectivity index (χ1) is 8.48. The molecule has 0 heterocycles. The van der Waals surface area contributed by atoms with Gasteiger partial charge in [-0.3, -0.25) is 0 Å². The van der Waals surface area contributed by atoms with Crippen LogP contribution in [-0.2, 0) is 0 Å². The van der Waals surface area contributed by atoms with Gasteiger partial charge in [-0.05, 0) is 28.2 Å². The highest BCUT2D eigenvalue weighted by molar-refractivity contribution is 5.64. The molecular formula is C17H20O. The first-order valence-corrected chi connectivity index (χ1v) is 6.32. The third-order valence-electron chi connectivity index (χ3n) is 3.13. The Morgan fingerprint density at radius 3 is 2.06 bits per heavy atom. The van der Waals surface area contributed by atoms with Gasteiger partial charge in [0.25, 0.3) is 0 Å². The van der Waals surface area contributed by atoms with Gasteiger partial charge in [-0.1, -0.05) is 69.3 Å². The van der Waals surface area contributed by atoms with Crippen molar-refractivity contribution >= 4 is 0 Å². The lowest BCUT2D eigenvalue weighted by atomic mass is 9.84. The first-order valence-electron chi connectivity index (χ1n) is 6.32. The van der Waals surface area contributed by atoms with Crippen molar-refractivity contribution in [2.45, 2.75) is 26.9 Å². The van der Waals surface area contributed by atoms with Crippen molar-refractivity contribution in [3.63, 3.8) is 0 Å². The van der Waals surface area contributed by atoms with Crippen LogP contribution in [0.2, 0.25) is 0 Å². The van der Waals surface area contributed by atoms with Crippen LogP contribution in [0.25, 0.3) is 11.1 Å².